The first kappa shape index (κ1) is 11.5. The Balaban J connectivity index is 2.69. The Morgan fingerprint density at radius 2 is 2.27 bits per heavy atom. The molecule has 0 atom stereocenters. The molecule has 0 fully saturated rings. The van der Waals surface area contributed by atoms with Gasteiger partial charge in [0, 0.05) is 0 Å². The third-order valence-electron chi connectivity index (χ3n) is 1.84. The van der Waals surface area contributed by atoms with Crippen molar-refractivity contribution >= 4 is 11.9 Å². The zero-order chi connectivity index (χ0) is 11.1. The number of ether oxygens (including phenoxy) is 1. The highest BCUT2D eigenvalue weighted by atomic mass is 16.5. The van der Waals surface area contributed by atoms with Crippen LogP contribution >= 0.6 is 0 Å². The van der Waals surface area contributed by atoms with Gasteiger partial charge in [0.25, 0.3) is 0 Å². The van der Waals surface area contributed by atoms with E-state index in [1.54, 1.807) is 12.2 Å². The molecule has 0 amide bonds. The second-order valence-electron chi connectivity index (χ2n) is 3.36. The number of allylic oxidation sites excluding steroid dienone is 1. The standard InChI is InChI=1S/C13H16O2/c1-3-9-15-13-6-4-5-12(10-13)8-7-11(2)14/h4-8,10H,3,9H2,1-2H3/b8-7+. The van der Waals surface area contributed by atoms with Gasteiger partial charge in [0.15, 0.2) is 5.78 Å². The van der Waals surface area contributed by atoms with Crippen LogP contribution in [-0.2, 0) is 4.79 Å². The van der Waals surface area contributed by atoms with Crippen molar-refractivity contribution in [1.82, 2.24) is 0 Å². The van der Waals surface area contributed by atoms with E-state index in [0.717, 1.165) is 24.3 Å². The molecule has 0 aliphatic heterocycles. The molecule has 0 N–H and O–H groups in total. The summed E-state index contributed by atoms with van der Waals surface area (Å²) < 4.78 is 5.48. The van der Waals surface area contributed by atoms with Crippen molar-refractivity contribution in [3.05, 3.63) is 35.9 Å². The van der Waals surface area contributed by atoms with Crippen molar-refractivity contribution in [1.29, 1.82) is 0 Å². The van der Waals surface area contributed by atoms with Gasteiger partial charge < -0.3 is 4.74 Å². The molecule has 0 aromatic heterocycles. The third-order valence-corrected chi connectivity index (χ3v) is 1.84. The fraction of sp³-hybridized carbons (Fsp3) is 0.308. The maximum atomic E-state index is 10.8. The monoisotopic (exact) mass is 204 g/mol. The summed E-state index contributed by atoms with van der Waals surface area (Å²) in [6, 6.07) is 7.71. The lowest BCUT2D eigenvalue weighted by atomic mass is 10.2. The van der Waals surface area contributed by atoms with Crippen LogP contribution in [0.25, 0.3) is 6.08 Å². The maximum absolute atomic E-state index is 10.8. The Morgan fingerprint density at radius 3 is 2.93 bits per heavy atom. The van der Waals surface area contributed by atoms with Gasteiger partial charge in [-0.15, -0.1) is 0 Å². The molecule has 0 saturated heterocycles. The summed E-state index contributed by atoms with van der Waals surface area (Å²) in [6.45, 7) is 4.33. The Hall–Kier alpha value is -1.57. The van der Waals surface area contributed by atoms with Gasteiger partial charge in [-0.1, -0.05) is 25.1 Å². The highest BCUT2D eigenvalue weighted by Crippen LogP contribution is 2.14. The third kappa shape index (κ3) is 4.45. The Morgan fingerprint density at radius 1 is 1.47 bits per heavy atom. The van der Waals surface area contributed by atoms with E-state index >= 15 is 0 Å². The number of rotatable bonds is 5. The van der Waals surface area contributed by atoms with Crippen molar-refractivity contribution in [2.24, 2.45) is 0 Å². The first-order valence-corrected chi connectivity index (χ1v) is 5.14. The van der Waals surface area contributed by atoms with E-state index in [4.69, 9.17) is 4.74 Å². The minimum absolute atomic E-state index is 0.0508. The fourth-order valence-corrected chi connectivity index (χ4v) is 1.14. The van der Waals surface area contributed by atoms with E-state index in [9.17, 15) is 4.79 Å². The van der Waals surface area contributed by atoms with E-state index in [1.165, 1.54) is 6.92 Å². The summed E-state index contributed by atoms with van der Waals surface area (Å²) in [4.78, 5) is 10.8. The topological polar surface area (TPSA) is 26.3 Å². The molecule has 0 saturated carbocycles. The van der Waals surface area contributed by atoms with Crippen molar-refractivity contribution < 1.29 is 9.53 Å². The molecule has 2 nitrogen and oxygen atoms in total. The molecule has 80 valence electrons. The van der Waals surface area contributed by atoms with Crippen LogP contribution in [-0.4, -0.2) is 12.4 Å². The highest BCUT2D eigenvalue weighted by molar-refractivity contribution is 5.91. The molecule has 1 rings (SSSR count). The van der Waals surface area contributed by atoms with Gasteiger partial charge in [-0.2, -0.15) is 0 Å². The molecule has 15 heavy (non-hydrogen) atoms. The summed E-state index contributed by atoms with van der Waals surface area (Å²) in [5, 5.41) is 0. The molecule has 0 spiro atoms. The Kier molecular flexibility index (Phi) is 4.61. The molecule has 0 aliphatic carbocycles. The normalized spacial score (nSPS) is 10.5. The maximum Gasteiger partial charge on any atom is 0.152 e. The lowest BCUT2D eigenvalue weighted by Crippen LogP contribution is -1.94. The SMILES string of the molecule is CCCOc1cccc(/C=C/C(C)=O)c1. The van der Waals surface area contributed by atoms with Gasteiger partial charge in [-0.3, -0.25) is 4.79 Å². The van der Waals surface area contributed by atoms with Gasteiger partial charge >= 0.3 is 0 Å². The Bertz CT molecular complexity index is 353. The van der Waals surface area contributed by atoms with Gasteiger partial charge in [0.2, 0.25) is 0 Å². The van der Waals surface area contributed by atoms with Crippen LogP contribution in [0.1, 0.15) is 25.8 Å². The zero-order valence-electron chi connectivity index (χ0n) is 9.19. The van der Waals surface area contributed by atoms with Crippen molar-refractivity contribution in [2.45, 2.75) is 20.3 Å². The molecule has 0 bridgehead atoms. The molecular weight excluding hydrogens is 188 g/mol. The molecule has 0 heterocycles. The quantitative estimate of drug-likeness (QED) is 0.689. The van der Waals surface area contributed by atoms with Gasteiger partial charge in [0.05, 0.1) is 6.61 Å². The van der Waals surface area contributed by atoms with Gasteiger partial charge in [-0.25, -0.2) is 0 Å². The first-order valence-electron chi connectivity index (χ1n) is 5.14. The number of carbonyl (C=O) groups excluding carboxylic acids is 1. The van der Waals surface area contributed by atoms with Gasteiger partial charge in [-0.05, 0) is 37.1 Å². The molecule has 1 aromatic rings. The smallest absolute Gasteiger partial charge is 0.152 e. The molecule has 2 heteroatoms. The van der Waals surface area contributed by atoms with E-state index in [-0.39, 0.29) is 5.78 Å². The van der Waals surface area contributed by atoms with Crippen molar-refractivity contribution in [3.63, 3.8) is 0 Å². The molecule has 0 unspecified atom stereocenters. The second-order valence-corrected chi connectivity index (χ2v) is 3.36. The average molecular weight is 204 g/mol. The molecule has 0 aliphatic rings. The number of ketones is 1. The lowest BCUT2D eigenvalue weighted by Gasteiger charge is -2.04. The number of benzene rings is 1. The second kappa shape index (κ2) is 6.02. The first-order chi connectivity index (χ1) is 7.22. The number of hydrogen-bond acceptors (Lipinski definition) is 2. The summed E-state index contributed by atoms with van der Waals surface area (Å²) in [5.74, 6) is 0.900. The molecule has 1 aromatic carbocycles. The van der Waals surface area contributed by atoms with E-state index < -0.39 is 0 Å². The van der Waals surface area contributed by atoms with Crippen molar-refractivity contribution in [3.8, 4) is 5.75 Å². The predicted octanol–water partition coefficient (Wildman–Crippen LogP) is 3.08. The largest absolute Gasteiger partial charge is 0.494 e. The van der Waals surface area contributed by atoms with E-state index in [2.05, 4.69) is 6.92 Å². The molecule has 0 radical (unpaired) electrons. The van der Waals surface area contributed by atoms with Crippen LogP contribution in [0.15, 0.2) is 30.3 Å². The van der Waals surface area contributed by atoms with Crippen LogP contribution in [0.4, 0.5) is 0 Å². The van der Waals surface area contributed by atoms with E-state index in [1.807, 2.05) is 24.3 Å². The predicted molar refractivity (Wildman–Crippen MR) is 61.9 cm³/mol. The zero-order valence-corrected chi connectivity index (χ0v) is 9.19. The number of carbonyl (C=O) groups is 1. The van der Waals surface area contributed by atoms with E-state index in [0.29, 0.717) is 0 Å². The highest BCUT2D eigenvalue weighted by Gasteiger charge is 1.93. The fourth-order valence-electron chi connectivity index (χ4n) is 1.14. The Labute approximate surface area is 90.6 Å². The van der Waals surface area contributed by atoms with Crippen LogP contribution in [0, 0.1) is 0 Å². The van der Waals surface area contributed by atoms with Crippen LogP contribution in [0.2, 0.25) is 0 Å². The average Bonchev–Trinajstić information content (AvgIpc) is 2.24. The van der Waals surface area contributed by atoms with Crippen LogP contribution < -0.4 is 4.74 Å². The summed E-state index contributed by atoms with van der Waals surface area (Å²) >= 11 is 0. The summed E-state index contributed by atoms with van der Waals surface area (Å²) in [7, 11) is 0. The number of hydrogen-bond donors (Lipinski definition) is 0. The van der Waals surface area contributed by atoms with Crippen LogP contribution in [0.5, 0.6) is 5.75 Å². The van der Waals surface area contributed by atoms with Crippen molar-refractivity contribution in [2.75, 3.05) is 6.61 Å². The summed E-state index contributed by atoms with van der Waals surface area (Å²) in [5.41, 5.74) is 0.985. The summed E-state index contributed by atoms with van der Waals surface area (Å²) in [6.07, 6.45) is 4.34. The van der Waals surface area contributed by atoms with Crippen LogP contribution in [0.3, 0.4) is 0 Å². The van der Waals surface area contributed by atoms with Gasteiger partial charge in [0.1, 0.15) is 5.75 Å². The minimum Gasteiger partial charge on any atom is -0.494 e. The minimum atomic E-state index is 0.0508. The molecular formula is C13H16O2. The lowest BCUT2D eigenvalue weighted by molar-refractivity contribution is -0.112.